The number of hydrogen-bond acceptors (Lipinski definition) is 5. The molecule has 33 heavy (non-hydrogen) atoms. The Hall–Kier alpha value is -3.61. The molecule has 168 valence electrons. The van der Waals surface area contributed by atoms with E-state index in [2.05, 4.69) is 0 Å². The quantitative estimate of drug-likeness (QED) is 0.622. The Labute approximate surface area is 191 Å². The van der Waals surface area contributed by atoms with Gasteiger partial charge in [-0.15, -0.1) is 0 Å². The number of nitrogens with zero attached hydrogens (tertiary/aromatic N) is 3. The number of fused-ring (bicyclic) bond motifs is 2. The molecule has 7 nitrogen and oxygen atoms in total. The summed E-state index contributed by atoms with van der Waals surface area (Å²) in [6.07, 6.45) is 1.61. The Balaban J connectivity index is 1.15. The van der Waals surface area contributed by atoms with Crippen molar-refractivity contribution in [3.05, 3.63) is 65.9 Å². The highest BCUT2D eigenvalue weighted by Gasteiger charge is 2.34. The predicted molar refractivity (Wildman–Crippen MR) is 123 cm³/mol. The van der Waals surface area contributed by atoms with Crippen LogP contribution in [0.4, 0.5) is 0 Å². The fraction of sp³-hybridized carbons (Fsp3) is 0.346. The van der Waals surface area contributed by atoms with Crippen molar-refractivity contribution in [1.29, 1.82) is 0 Å². The maximum atomic E-state index is 13.5. The van der Waals surface area contributed by atoms with Crippen LogP contribution in [0.25, 0.3) is 10.9 Å². The molecule has 2 aromatic carbocycles. The van der Waals surface area contributed by atoms with Gasteiger partial charge in [0.1, 0.15) is 6.61 Å². The maximum Gasteiger partial charge on any atom is 0.267 e. The summed E-state index contributed by atoms with van der Waals surface area (Å²) in [5.74, 6) is 1.63. The first-order valence-corrected chi connectivity index (χ1v) is 11.5. The number of amides is 2. The van der Waals surface area contributed by atoms with Gasteiger partial charge >= 0.3 is 0 Å². The minimum Gasteiger partial charge on any atom is -0.485 e. The van der Waals surface area contributed by atoms with Crippen LogP contribution in [0.3, 0.4) is 0 Å². The average Bonchev–Trinajstić information content (AvgIpc) is 3.73. The lowest BCUT2D eigenvalue weighted by molar-refractivity contribution is -0.142. The van der Waals surface area contributed by atoms with Crippen LogP contribution < -0.4 is 9.47 Å². The first-order valence-electron chi connectivity index (χ1n) is 11.5. The van der Waals surface area contributed by atoms with E-state index in [1.807, 2.05) is 53.4 Å². The standard InChI is InChI=1S/C26H25N3O4/c30-25(19-15-21(17-9-10-17)27-20-6-2-1-5-18(19)20)28-11-13-29(14-12-28)26(31)24-16-32-22-7-3-4-8-23(22)33-24/h1-8,15,17,24H,9-14,16H2/t24-/m1/s1. The van der Waals surface area contributed by atoms with Crippen molar-refractivity contribution >= 4 is 22.7 Å². The summed E-state index contributed by atoms with van der Waals surface area (Å²) in [5.41, 5.74) is 2.59. The van der Waals surface area contributed by atoms with Gasteiger partial charge in [0.15, 0.2) is 11.5 Å². The van der Waals surface area contributed by atoms with E-state index in [-0.39, 0.29) is 18.4 Å². The van der Waals surface area contributed by atoms with E-state index < -0.39 is 6.10 Å². The van der Waals surface area contributed by atoms with Crippen LogP contribution in [0.2, 0.25) is 0 Å². The molecular formula is C26H25N3O4. The number of ether oxygens (including phenoxy) is 2. The molecule has 3 aromatic rings. The van der Waals surface area contributed by atoms with Crippen LogP contribution in [0, 0.1) is 0 Å². The molecule has 1 saturated carbocycles. The van der Waals surface area contributed by atoms with Crippen LogP contribution >= 0.6 is 0 Å². The number of pyridine rings is 1. The van der Waals surface area contributed by atoms with Gasteiger partial charge in [-0.1, -0.05) is 30.3 Å². The van der Waals surface area contributed by atoms with E-state index in [1.54, 1.807) is 11.0 Å². The van der Waals surface area contributed by atoms with E-state index >= 15 is 0 Å². The monoisotopic (exact) mass is 443 g/mol. The van der Waals surface area contributed by atoms with E-state index in [1.165, 1.54) is 0 Å². The van der Waals surface area contributed by atoms with Crippen molar-refractivity contribution in [2.75, 3.05) is 32.8 Å². The van der Waals surface area contributed by atoms with Crippen molar-refractivity contribution in [2.45, 2.75) is 24.9 Å². The van der Waals surface area contributed by atoms with Crippen molar-refractivity contribution in [1.82, 2.24) is 14.8 Å². The van der Waals surface area contributed by atoms with E-state index in [9.17, 15) is 9.59 Å². The van der Waals surface area contributed by atoms with Crippen LogP contribution in [-0.2, 0) is 4.79 Å². The Morgan fingerprint density at radius 2 is 1.58 bits per heavy atom. The highest BCUT2D eigenvalue weighted by Crippen LogP contribution is 2.40. The van der Waals surface area contributed by atoms with Gasteiger partial charge in [0.2, 0.25) is 6.10 Å². The molecule has 0 N–H and O–H groups in total. The smallest absolute Gasteiger partial charge is 0.267 e. The molecule has 3 aliphatic rings. The molecule has 0 unspecified atom stereocenters. The normalized spacial score (nSPS) is 20.1. The van der Waals surface area contributed by atoms with Gasteiger partial charge in [-0.3, -0.25) is 14.6 Å². The number of hydrogen-bond donors (Lipinski definition) is 0. The molecule has 0 radical (unpaired) electrons. The zero-order chi connectivity index (χ0) is 22.4. The lowest BCUT2D eigenvalue weighted by Gasteiger charge is -2.37. The Bertz CT molecular complexity index is 1230. The van der Waals surface area contributed by atoms with Gasteiger partial charge < -0.3 is 19.3 Å². The molecule has 7 heteroatoms. The number of benzene rings is 2. The summed E-state index contributed by atoms with van der Waals surface area (Å²) in [6.45, 7) is 2.13. The molecule has 2 fully saturated rings. The summed E-state index contributed by atoms with van der Waals surface area (Å²) in [7, 11) is 0. The molecule has 1 aromatic heterocycles. The second kappa shape index (κ2) is 8.06. The van der Waals surface area contributed by atoms with Crippen molar-refractivity contribution in [3.8, 4) is 11.5 Å². The second-order valence-corrected chi connectivity index (χ2v) is 8.87. The lowest BCUT2D eigenvalue weighted by atomic mass is 10.0. The highest BCUT2D eigenvalue weighted by atomic mass is 16.6. The van der Waals surface area contributed by atoms with Gasteiger partial charge in [0.05, 0.1) is 11.1 Å². The summed E-state index contributed by atoms with van der Waals surface area (Å²) >= 11 is 0. The molecular weight excluding hydrogens is 418 g/mol. The largest absolute Gasteiger partial charge is 0.485 e. The molecule has 2 amide bonds. The Morgan fingerprint density at radius 1 is 0.879 bits per heavy atom. The number of carbonyl (C=O) groups excluding carboxylic acids is 2. The third-order valence-corrected chi connectivity index (χ3v) is 6.62. The number of carbonyl (C=O) groups is 2. The zero-order valence-electron chi connectivity index (χ0n) is 18.3. The number of para-hydroxylation sites is 3. The number of rotatable bonds is 3. The number of piperazine rings is 1. The fourth-order valence-electron chi connectivity index (χ4n) is 4.61. The summed E-state index contributed by atoms with van der Waals surface area (Å²) in [5, 5.41) is 0.886. The predicted octanol–water partition coefficient (Wildman–Crippen LogP) is 3.24. The molecule has 1 aliphatic carbocycles. The molecule has 6 rings (SSSR count). The summed E-state index contributed by atoms with van der Waals surface area (Å²) in [4.78, 5) is 34.9. The summed E-state index contributed by atoms with van der Waals surface area (Å²) < 4.78 is 11.6. The van der Waals surface area contributed by atoms with Crippen LogP contribution in [0.5, 0.6) is 11.5 Å². The fourth-order valence-corrected chi connectivity index (χ4v) is 4.61. The van der Waals surface area contributed by atoms with E-state index in [4.69, 9.17) is 14.5 Å². The van der Waals surface area contributed by atoms with Gasteiger partial charge in [-0.25, -0.2) is 0 Å². The van der Waals surface area contributed by atoms with Gasteiger partial charge in [0.25, 0.3) is 11.8 Å². The topological polar surface area (TPSA) is 72.0 Å². The third kappa shape index (κ3) is 3.77. The molecule has 0 spiro atoms. The average molecular weight is 444 g/mol. The van der Waals surface area contributed by atoms with Gasteiger partial charge in [-0.05, 0) is 37.1 Å². The number of aromatic nitrogens is 1. The van der Waals surface area contributed by atoms with E-state index in [0.717, 1.165) is 29.4 Å². The lowest BCUT2D eigenvalue weighted by Crippen LogP contribution is -2.55. The maximum absolute atomic E-state index is 13.5. The van der Waals surface area contributed by atoms with Gasteiger partial charge in [-0.2, -0.15) is 0 Å². The Kier molecular flexibility index (Phi) is 4.89. The molecule has 1 atom stereocenters. The van der Waals surface area contributed by atoms with Crippen LogP contribution in [0.15, 0.2) is 54.6 Å². The van der Waals surface area contributed by atoms with Gasteiger partial charge in [0, 0.05) is 43.2 Å². The molecule has 2 aliphatic heterocycles. The molecule has 3 heterocycles. The van der Waals surface area contributed by atoms with Crippen LogP contribution in [0.1, 0.15) is 34.8 Å². The van der Waals surface area contributed by atoms with E-state index in [0.29, 0.717) is 49.2 Å². The zero-order valence-corrected chi connectivity index (χ0v) is 18.3. The van der Waals surface area contributed by atoms with Crippen molar-refractivity contribution in [2.24, 2.45) is 0 Å². The third-order valence-electron chi connectivity index (χ3n) is 6.62. The minimum absolute atomic E-state index is 0.00813. The van der Waals surface area contributed by atoms with Crippen molar-refractivity contribution in [3.63, 3.8) is 0 Å². The SMILES string of the molecule is O=C(c1cc(C2CC2)nc2ccccc12)N1CCN(C(=O)[C@H]2COc3ccccc3O2)CC1. The minimum atomic E-state index is -0.660. The Morgan fingerprint density at radius 3 is 2.36 bits per heavy atom. The highest BCUT2D eigenvalue weighted by molar-refractivity contribution is 6.06. The molecule has 0 bridgehead atoms. The second-order valence-electron chi connectivity index (χ2n) is 8.87. The first kappa shape index (κ1) is 20.0. The summed E-state index contributed by atoms with van der Waals surface area (Å²) in [6, 6.07) is 17.2. The van der Waals surface area contributed by atoms with Crippen molar-refractivity contribution < 1.29 is 19.1 Å². The first-order chi connectivity index (χ1) is 16.2. The molecule has 1 saturated heterocycles. The van der Waals surface area contributed by atoms with Crippen LogP contribution in [-0.4, -0.2) is 65.5 Å².